The lowest BCUT2D eigenvalue weighted by atomic mass is 10.2. The molecule has 0 aliphatic carbocycles. The van der Waals surface area contributed by atoms with Gasteiger partial charge in [-0.3, -0.25) is 0 Å². The maximum atomic E-state index is 10.4. The van der Waals surface area contributed by atoms with E-state index in [0.29, 0.717) is 6.42 Å². The van der Waals surface area contributed by atoms with Crippen LogP contribution < -0.4 is 0 Å². The van der Waals surface area contributed by atoms with Crippen molar-refractivity contribution in [3.05, 3.63) is 24.3 Å². The van der Waals surface area contributed by atoms with Crippen LogP contribution in [-0.2, 0) is 9.53 Å². The van der Waals surface area contributed by atoms with Gasteiger partial charge in [-0.05, 0) is 6.42 Å². The molecule has 3 nitrogen and oxygen atoms in total. The number of rotatable bonds is 4. The summed E-state index contributed by atoms with van der Waals surface area (Å²) in [7, 11) is 0. The van der Waals surface area contributed by atoms with Crippen LogP contribution in [0.15, 0.2) is 24.3 Å². The van der Waals surface area contributed by atoms with Crippen LogP contribution in [0.25, 0.3) is 0 Å². The number of epoxide rings is 1. The maximum Gasteiger partial charge on any atom is 0.335 e. The lowest BCUT2D eigenvalue weighted by molar-refractivity contribution is -0.132. The van der Waals surface area contributed by atoms with Crippen LogP contribution >= 0.6 is 0 Å². The molecule has 1 atom stereocenters. The Labute approximate surface area is 65.0 Å². The molecule has 1 fully saturated rings. The number of aliphatic carboxylic acids is 1. The molecule has 3 heteroatoms. The lowest BCUT2D eigenvalue weighted by Crippen LogP contribution is -1.97. The van der Waals surface area contributed by atoms with E-state index in [-0.39, 0.29) is 11.7 Å². The third-order valence-electron chi connectivity index (χ3n) is 1.47. The van der Waals surface area contributed by atoms with Gasteiger partial charge in [-0.2, -0.15) is 0 Å². The van der Waals surface area contributed by atoms with E-state index < -0.39 is 5.97 Å². The van der Waals surface area contributed by atoms with Gasteiger partial charge in [0.2, 0.25) is 0 Å². The minimum absolute atomic E-state index is 0.240. The quantitative estimate of drug-likeness (QED) is 0.373. The van der Waals surface area contributed by atoms with Gasteiger partial charge >= 0.3 is 5.97 Å². The molecule has 0 aromatic carbocycles. The molecule has 1 N–H and O–H groups in total. The fraction of sp³-hybridized carbons (Fsp3) is 0.375. The van der Waals surface area contributed by atoms with Crippen molar-refractivity contribution in [1.82, 2.24) is 0 Å². The minimum Gasteiger partial charge on any atom is -0.478 e. The van der Waals surface area contributed by atoms with Gasteiger partial charge in [0.25, 0.3) is 0 Å². The molecule has 0 aromatic heterocycles. The fourth-order valence-corrected chi connectivity index (χ4v) is 0.720. The monoisotopic (exact) mass is 154 g/mol. The Bertz CT molecular complexity index is 201. The molecule has 1 saturated heterocycles. The molecule has 1 heterocycles. The van der Waals surface area contributed by atoms with Gasteiger partial charge in [0.05, 0.1) is 18.3 Å². The lowest BCUT2D eigenvalue weighted by Gasteiger charge is -1.91. The summed E-state index contributed by atoms with van der Waals surface area (Å²) in [5.74, 6) is -0.930. The number of carboxylic acid groups (broad SMARTS) is 1. The molecule has 1 aliphatic rings. The summed E-state index contributed by atoms with van der Waals surface area (Å²) in [5, 5.41) is 8.53. The second-order valence-corrected chi connectivity index (χ2v) is 2.36. The van der Waals surface area contributed by atoms with Crippen molar-refractivity contribution in [3.63, 3.8) is 0 Å². The van der Waals surface area contributed by atoms with Crippen molar-refractivity contribution >= 4 is 5.97 Å². The molecular formula is C8H10O3. The highest BCUT2D eigenvalue weighted by Crippen LogP contribution is 2.15. The van der Waals surface area contributed by atoms with E-state index >= 15 is 0 Å². The Morgan fingerprint density at radius 3 is 2.82 bits per heavy atom. The Morgan fingerprint density at radius 1 is 1.82 bits per heavy atom. The predicted molar refractivity (Wildman–Crippen MR) is 40.3 cm³/mol. The van der Waals surface area contributed by atoms with Crippen LogP contribution in [0.2, 0.25) is 0 Å². The molecule has 1 unspecified atom stereocenters. The van der Waals surface area contributed by atoms with E-state index in [1.165, 1.54) is 6.08 Å². The largest absolute Gasteiger partial charge is 0.478 e. The highest BCUT2D eigenvalue weighted by atomic mass is 16.6. The molecule has 0 amide bonds. The second kappa shape index (κ2) is 3.34. The number of ether oxygens (including phenoxy) is 1. The van der Waals surface area contributed by atoms with Gasteiger partial charge < -0.3 is 9.84 Å². The standard InChI is InChI=1S/C8H10O3/c1-2-6(8(9)10)3-4-7-5-11-7/h2-3,7H,1,4-5H2,(H,9,10). The number of hydrogen-bond donors (Lipinski definition) is 1. The Balaban J connectivity index is 2.43. The summed E-state index contributed by atoms with van der Waals surface area (Å²) in [6.45, 7) is 4.14. The third kappa shape index (κ3) is 2.55. The van der Waals surface area contributed by atoms with Crippen LogP contribution in [-0.4, -0.2) is 23.8 Å². The van der Waals surface area contributed by atoms with E-state index in [9.17, 15) is 4.79 Å². The molecule has 0 saturated carbocycles. The first-order valence-electron chi connectivity index (χ1n) is 3.41. The SMILES string of the molecule is C=CC(=CCC1CO1)C(=O)O. The molecule has 0 radical (unpaired) electrons. The zero-order valence-electron chi connectivity index (χ0n) is 6.12. The molecule has 60 valence electrons. The Kier molecular flexibility index (Phi) is 2.44. The van der Waals surface area contributed by atoms with Gasteiger partial charge in [-0.15, -0.1) is 0 Å². The molecule has 11 heavy (non-hydrogen) atoms. The molecular weight excluding hydrogens is 144 g/mol. The smallest absolute Gasteiger partial charge is 0.335 e. The Morgan fingerprint density at radius 2 is 2.45 bits per heavy atom. The summed E-state index contributed by atoms with van der Waals surface area (Å²) in [5.41, 5.74) is 0.250. The van der Waals surface area contributed by atoms with E-state index in [1.54, 1.807) is 6.08 Å². The van der Waals surface area contributed by atoms with Crippen LogP contribution in [0.1, 0.15) is 6.42 Å². The van der Waals surface area contributed by atoms with Crippen LogP contribution in [0.5, 0.6) is 0 Å². The van der Waals surface area contributed by atoms with Gasteiger partial charge in [-0.25, -0.2) is 4.79 Å². The number of hydrogen-bond acceptors (Lipinski definition) is 2. The summed E-state index contributed by atoms with van der Waals surface area (Å²) < 4.78 is 4.91. The normalized spacial score (nSPS) is 22.9. The van der Waals surface area contributed by atoms with Gasteiger partial charge in [0.1, 0.15) is 0 Å². The summed E-state index contributed by atoms with van der Waals surface area (Å²) >= 11 is 0. The van der Waals surface area contributed by atoms with Crippen molar-refractivity contribution in [3.8, 4) is 0 Å². The van der Waals surface area contributed by atoms with Gasteiger partial charge in [0, 0.05) is 0 Å². The highest BCUT2D eigenvalue weighted by molar-refractivity contribution is 5.89. The summed E-state index contributed by atoms with van der Waals surface area (Å²) in [6, 6.07) is 0. The van der Waals surface area contributed by atoms with E-state index in [2.05, 4.69) is 6.58 Å². The Hall–Kier alpha value is -1.09. The molecule has 1 rings (SSSR count). The zero-order valence-corrected chi connectivity index (χ0v) is 6.12. The van der Waals surface area contributed by atoms with Gasteiger partial charge in [0.15, 0.2) is 0 Å². The molecule has 1 aliphatic heterocycles. The number of carboxylic acids is 1. The minimum atomic E-state index is -0.930. The third-order valence-corrected chi connectivity index (χ3v) is 1.47. The van der Waals surface area contributed by atoms with E-state index in [0.717, 1.165) is 6.61 Å². The average Bonchev–Trinajstić information content (AvgIpc) is 2.72. The van der Waals surface area contributed by atoms with Crippen molar-refractivity contribution in [1.29, 1.82) is 0 Å². The van der Waals surface area contributed by atoms with E-state index in [1.807, 2.05) is 0 Å². The van der Waals surface area contributed by atoms with Crippen LogP contribution in [0.3, 0.4) is 0 Å². The van der Waals surface area contributed by atoms with Crippen molar-refractivity contribution in [2.24, 2.45) is 0 Å². The summed E-state index contributed by atoms with van der Waals surface area (Å²) in [4.78, 5) is 10.4. The van der Waals surface area contributed by atoms with Crippen molar-refractivity contribution < 1.29 is 14.6 Å². The molecule has 0 aromatic rings. The average molecular weight is 154 g/mol. The fourth-order valence-electron chi connectivity index (χ4n) is 0.720. The molecule has 0 spiro atoms. The first kappa shape index (κ1) is 8.01. The maximum absolute atomic E-state index is 10.4. The first-order chi connectivity index (χ1) is 5.24. The van der Waals surface area contributed by atoms with Crippen LogP contribution in [0, 0.1) is 0 Å². The summed E-state index contributed by atoms with van der Waals surface area (Å²) in [6.07, 6.45) is 3.88. The van der Waals surface area contributed by atoms with E-state index in [4.69, 9.17) is 9.84 Å². The zero-order chi connectivity index (χ0) is 8.27. The van der Waals surface area contributed by atoms with Crippen LogP contribution in [0.4, 0.5) is 0 Å². The molecule has 0 bridgehead atoms. The topological polar surface area (TPSA) is 49.8 Å². The van der Waals surface area contributed by atoms with Gasteiger partial charge in [-0.1, -0.05) is 18.7 Å². The number of carbonyl (C=O) groups is 1. The van der Waals surface area contributed by atoms with Crippen molar-refractivity contribution in [2.75, 3.05) is 6.61 Å². The highest BCUT2D eigenvalue weighted by Gasteiger charge is 2.20. The predicted octanol–water partition coefficient (Wildman–Crippen LogP) is 0.972. The van der Waals surface area contributed by atoms with Crippen molar-refractivity contribution in [2.45, 2.75) is 12.5 Å². The second-order valence-electron chi connectivity index (χ2n) is 2.36. The first-order valence-corrected chi connectivity index (χ1v) is 3.41.